The fraction of sp³-hybridized carbons (Fsp3) is 0.333. The molecule has 0 aliphatic rings. The summed E-state index contributed by atoms with van der Waals surface area (Å²) in [6, 6.07) is 20.5. The molecule has 0 saturated carbocycles. The van der Waals surface area contributed by atoms with Gasteiger partial charge in [-0.05, 0) is 19.4 Å². The van der Waals surface area contributed by atoms with Crippen LogP contribution in [0.15, 0.2) is 60.7 Å². The highest BCUT2D eigenvalue weighted by molar-refractivity contribution is 5.25. The molecule has 0 atom stereocenters. The number of hydrogen-bond donors (Lipinski definition) is 0. The van der Waals surface area contributed by atoms with Gasteiger partial charge in [-0.15, -0.1) is 0 Å². The molecule has 0 aliphatic carbocycles. The normalized spacial score (nSPS) is 11.5. The molecule has 0 aromatic heterocycles. The molecule has 2 aromatic rings. The summed E-state index contributed by atoms with van der Waals surface area (Å²) in [6.07, 6.45) is 0.708. The Hall–Kier alpha value is -1.64. The van der Waals surface area contributed by atoms with Crippen molar-refractivity contribution in [2.24, 2.45) is 0 Å². The van der Waals surface area contributed by atoms with Crippen LogP contribution in [0.1, 0.15) is 25.0 Å². The smallest absolute Gasteiger partial charge is 0.198 e. The Kier molecular flexibility index (Phi) is 5.33. The first-order valence-corrected chi connectivity index (χ1v) is 7.18. The molecule has 0 aliphatic heterocycles. The molecule has 0 radical (unpaired) electrons. The maximum absolute atomic E-state index is 6.04. The molecule has 0 heterocycles. The van der Waals surface area contributed by atoms with Gasteiger partial charge in [0.05, 0.1) is 0 Å². The highest BCUT2D eigenvalue weighted by Gasteiger charge is 2.33. The first-order chi connectivity index (χ1) is 9.80. The standard InChI is InChI=1S/C18H22O2/c1-3-19-18(20-4-2,17-13-9-6-10-14-17)15-16-11-7-5-8-12-16/h5-14H,3-4,15H2,1-2H3. The van der Waals surface area contributed by atoms with E-state index in [-0.39, 0.29) is 0 Å². The van der Waals surface area contributed by atoms with Gasteiger partial charge in [0.1, 0.15) is 0 Å². The number of ether oxygens (including phenoxy) is 2. The van der Waals surface area contributed by atoms with E-state index in [1.54, 1.807) is 0 Å². The van der Waals surface area contributed by atoms with E-state index in [9.17, 15) is 0 Å². The van der Waals surface area contributed by atoms with Crippen LogP contribution in [-0.4, -0.2) is 13.2 Å². The zero-order chi connectivity index (χ0) is 14.3. The van der Waals surface area contributed by atoms with Crippen LogP contribution in [0.25, 0.3) is 0 Å². The van der Waals surface area contributed by atoms with E-state index < -0.39 is 5.79 Å². The van der Waals surface area contributed by atoms with E-state index in [0.29, 0.717) is 19.6 Å². The zero-order valence-electron chi connectivity index (χ0n) is 12.2. The molecule has 2 heteroatoms. The van der Waals surface area contributed by atoms with Gasteiger partial charge in [-0.3, -0.25) is 0 Å². The number of hydrogen-bond acceptors (Lipinski definition) is 2. The van der Waals surface area contributed by atoms with Crippen molar-refractivity contribution in [1.29, 1.82) is 0 Å². The predicted molar refractivity (Wildman–Crippen MR) is 81.5 cm³/mol. The van der Waals surface area contributed by atoms with Crippen molar-refractivity contribution in [3.63, 3.8) is 0 Å². The third-order valence-corrected chi connectivity index (χ3v) is 3.25. The molecule has 0 bridgehead atoms. The topological polar surface area (TPSA) is 18.5 Å². The minimum Gasteiger partial charge on any atom is -0.346 e. The largest absolute Gasteiger partial charge is 0.346 e. The van der Waals surface area contributed by atoms with Crippen LogP contribution < -0.4 is 0 Å². The minimum absolute atomic E-state index is 0.613. The van der Waals surface area contributed by atoms with Crippen molar-refractivity contribution in [3.05, 3.63) is 71.8 Å². The minimum atomic E-state index is -0.702. The van der Waals surface area contributed by atoms with E-state index >= 15 is 0 Å². The molecule has 0 spiro atoms. The summed E-state index contributed by atoms with van der Waals surface area (Å²) in [7, 11) is 0. The maximum atomic E-state index is 6.04. The Morgan fingerprint density at radius 2 is 1.25 bits per heavy atom. The van der Waals surface area contributed by atoms with Gasteiger partial charge < -0.3 is 9.47 Å². The molecule has 2 nitrogen and oxygen atoms in total. The molecule has 0 saturated heterocycles. The first-order valence-electron chi connectivity index (χ1n) is 7.18. The Morgan fingerprint density at radius 3 is 1.75 bits per heavy atom. The van der Waals surface area contributed by atoms with Crippen molar-refractivity contribution in [2.45, 2.75) is 26.1 Å². The van der Waals surface area contributed by atoms with Crippen LogP contribution in [0.5, 0.6) is 0 Å². The number of rotatable bonds is 7. The molecular weight excluding hydrogens is 248 g/mol. The second-order valence-electron chi connectivity index (χ2n) is 4.65. The Bertz CT molecular complexity index is 487. The number of benzene rings is 2. The third-order valence-electron chi connectivity index (χ3n) is 3.25. The van der Waals surface area contributed by atoms with Gasteiger partial charge in [0.2, 0.25) is 0 Å². The monoisotopic (exact) mass is 270 g/mol. The van der Waals surface area contributed by atoms with Crippen molar-refractivity contribution in [1.82, 2.24) is 0 Å². The average molecular weight is 270 g/mol. The Morgan fingerprint density at radius 1 is 0.750 bits per heavy atom. The van der Waals surface area contributed by atoms with Gasteiger partial charge >= 0.3 is 0 Å². The summed E-state index contributed by atoms with van der Waals surface area (Å²) < 4.78 is 12.1. The highest BCUT2D eigenvalue weighted by Crippen LogP contribution is 2.31. The van der Waals surface area contributed by atoms with E-state index in [1.807, 2.05) is 50.2 Å². The average Bonchev–Trinajstić information content (AvgIpc) is 2.49. The van der Waals surface area contributed by atoms with Gasteiger partial charge in [0.15, 0.2) is 5.79 Å². The summed E-state index contributed by atoms with van der Waals surface area (Å²) in [6.45, 7) is 5.23. The molecule has 106 valence electrons. The maximum Gasteiger partial charge on any atom is 0.198 e. The molecular formula is C18H22O2. The molecule has 20 heavy (non-hydrogen) atoms. The summed E-state index contributed by atoms with van der Waals surface area (Å²) in [5.41, 5.74) is 2.27. The lowest BCUT2D eigenvalue weighted by Crippen LogP contribution is -2.36. The van der Waals surface area contributed by atoms with Gasteiger partial charge in [0.25, 0.3) is 0 Å². The molecule has 2 aromatic carbocycles. The van der Waals surface area contributed by atoms with E-state index in [2.05, 4.69) is 24.3 Å². The third kappa shape index (κ3) is 3.47. The fourth-order valence-electron chi connectivity index (χ4n) is 2.44. The predicted octanol–water partition coefficient (Wildman–Crippen LogP) is 4.16. The van der Waals surface area contributed by atoms with Gasteiger partial charge in [-0.2, -0.15) is 0 Å². The molecule has 0 amide bonds. The highest BCUT2D eigenvalue weighted by atomic mass is 16.7. The zero-order valence-corrected chi connectivity index (χ0v) is 12.2. The first kappa shape index (κ1) is 14.8. The van der Waals surface area contributed by atoms with E-state index in [1.165, 1.54) is 5.56 Å². The lowest BCUT2D eigenvalue weighted by atomic mass is 9.97. The molecule has 2 rings (SSSR count). The lowest BCUT2D eigenvalue weighted by molar-refractivity contribution is -0.242. The summed E-state index contributed by atoms with van der Waals surface area (Å²) in [5.74, 6) is -0.702. The van der Waals surface area contributed by atoms with Crippen LogP contribution in [0.3, 0.4) is 0 Å². The fourth-order valence-corrected chi connectivity index (χ4v) is 2.44. The van der Waals surface area contributed by atoms with Crippen molar-refractivity contribution in [2.75, 3.05) is 13.2 Å². The Balaban J connectivity index is 2.36. The van der Waals surface area contributed by atoms with Crippen molar-refractivity contribution < 1.29 is 9.47 Å². The summed E-state index contributed by atoms with van der Waals surface area (Å²) in [5, 5.41) is 0. The second-order valence-corrected chi connectivity index (χ2v) is 4.65. The SMILES string of the molecule is CCOC(Cc1ccccc1)(OCC)c1ccccc1. The van der Waals surface area contributed by atoms with Crippen LogP contribution >= 0.6 is 0 Å². The summed E-state index contributed by atoms with van der Waals surface area (Å²) >= 11 is 0. The van der Waals surface area contributed by atoms with Crippen molar-refractivity contribution in [3.8, 4) is 0 Å². The van der Waals surface area contributed by atoms with E-state index in [0.717, 1.165) is 5.56 Å². The Labute approximate surface area is 121 Å². The summed E-state index contributed by atoms with van der Waals surface area (Å²) in [4.78, 5) is 0. The van der Waals surface area contributed by atoms with Gasteiger partial charge in [0, 0.05) is 25.2 Å². The van der Waals surface area contributed by atoms with E-state index in [4.69, 9.17) is 9.47 Å². The van der Waals surface area contributed by atoms with Crippen LogP contribution in [0, 0.1) is 0 Å². The van der Waals surface area contributed by atoms with Gasteiger partial charge in [-0.1, -0.05) is 60.7 Å². The second kappa shape index (κ2) is 7.22. The van der Waals surface area contributed by atoms with Crippen LogP contribution in [-0.2, 0) is 21.7 Å². The molecule has 0 N–H and O–H groups in total. The van der Waals surface area contributed by atoms with Gasteiger partial charge in [-0.25, -0.2) is 0 Å². The van der Waals surface area contributed by atoms with Crippen LogP contribution in [0.2, 0.25) is 0 Å². The lowest BCUT2D eigenvalue weighted by Gasteiger charge is -2.34. The molecule has 0 unspecified atom stereocenters. The van der Waals surface area contributed by atoms with Crippen molar-refractivity contribution >= 4 is 0 Å². The quantitative estimate of drug-likeness (QED) is 0.703. The molecule has 0 fully saturated rings. The van der Waals surface area contributed by atoms with Crippen LogP contribution in [0.4, 0.5) is 0 Å².